The number of rotatable bonds is 4. The zero-order valence-electron chi connectivity index (χ0n) is 11.0. The number of carboxylic acids is 1. The van der Waals surface area contributed by atoms with Gasteiger partial charge in [-0.2, -0.15) is 0 Å². The molecule has 0 aromatic rings. The van der Waals surface area contributed by atoms with Crippen molar-refractivity contribution >= 4 is 5.97 Å². The van der Waals surface area contributed by atoms with E-state index in [9.17, 15) is 9.90 Å². The van der Waals surface area contributed by atoms with E-state index in [2.05, 4.69) is 25.7 Å². The van der Waals surface area contributed by atoms with Gasteiger partial charge in [0.1, 0.15) is 5.54 Å². The summed E-state index contributed by atoms with van der Waals surface area (Å²) >= 11 is 0. The minimum Gasteiger partial charge on any atom is -0.480 e. The summed E-state index contributed by atoms with van der Waals surface area (Å²) in [5, 5.41) is 9.60. The van der Waals surface area contributed by atoms with Crippen molar-refractivity contribution in [1.29, 1.82) is 0 Å². The third-order valence-corrected chi connectivity index (χ3v) is 3.95. The van der Waals surface area contributed by atoms with E-state index in [1.54, 1.807) is 0 Å². The molecular weight excluding hydrogens is 202 g/mol. The van der Waals surface area contributed by atoms with Gasteiger partial charge in [-0.3, -0.25) is 9.69 Å². The van der Waals surface area contributed by atoms with Gasteiger partial charge in [0.15, 0.2) is 0 Å². The summed E-state index contributed by atoms with van der Waals surface area (Å²) in [6, 6.07) is 0. The topological polar surface area (TPSA) is 40.5 Å². The Morgan fingerprint density at radius 2 is 2.12 bits per heavy atom. The Balaban J connectivity index is 2.90. The number of hydrogen-bond donors (Lipinski definition) is 1. The van der Waals surface area contributed by atoms with Gasteiger partial charge in [-0.25, -0.2) is 0 Å². The molecule has 1 aliphatic carbocycles. The lowest BCUT2D eigenvalue weighted by atomic mass is 9.72. The first kappa shape index (κ1) is 13.5. The highest BCUT2D eigenvalue weighted by atomic mass is 16.4. The van der Waals surface area contributed by atoms with E-state index < -0.39 is 11.5 Å². The number of likely N-dealkylation sites (N-methyl/N-ethyl adjacent to an activating group) is 1. The Morgan fingerprint density at radius 3 is 2.56 bits per heavy atom. The molecule has 2 unspecified atom stereocenters. The van der Waals surface area contributed by atoms with Crippen LogP contribution in [0.25, 0.3) is 0 Å². The van der Waals surface area contributed by atoms with Crippen molar-refractivity contribution in [2.75, 3.05) is 13.6 Å². The molecule has 3 heteroatoms. The number of hydrogen-bond acceptors (Lipinski definition) is 2. The third-order valence-electron chi connectivity index (χ3n) is 3.95. The summed E-state index contributed by atoms with van der Waals surface area (Å²) in [6.45, 7) is 7.22. The van der Waals surface area contributed by atoms with Crippen LogP contribution in [0.2, 0.25) is 0 Å². The molecule has 1 saturated carbocycles. The van der Waals surface area contributed by atoms with Crippen molar-refractivity contribution in [3.05, 3.63) is 0 Å². The van der Waals surface area contributed by atoms with E-state index in [-0.39, 0.29) is 5.92 Å². The van der Waals surface area contributed by atoms with Crippen LogP contribution in [0.1, 0.15) is 46.5 Å². The van der Waals surface area contributed by atoms with Crippen LogP contribution >= 0.6 is 0 Å². The molecule has 0 aromatic heterocycles. The van der Waals surface area contributed by atoms with Crippen LogP contribution in [0.3, 0.4) is 0 Å². The molecule has 1 aliphatic rings. The summed E-state index contributed by atoms with van der Waals surface area (Å²) in [7, 11) is 1.97. The van der Waals surface area contributed by atoms with Crippen LogP contribution in [0, 0.1) is 11.8 Å². The highest BCUT2D eigenvalue weighted by Gasteiger charge is 2.48. The van der Waals surface area contributed by atoms with Crippen molar-refractivity contribution in [2.24, 2.45) is 11.8 Å². The summed E-state index contributed by atoms with van der Waals surface area (Å²) in [4.78, 5) is 13.7. The molecule has 16 heavy (non-hydrogen) atoms. The zero-order valence-corrected chi connectivity index (χ0v) is 11.0. The van der Waals surface area contributed by atoms with Crippen LogP contribution in [0.15, 0.2) is 0 Å². The van der Waals surface area contributed by atoms with Crippen molar-refractivity contribution in [3.8, 4) is 0 Å². The molecule has 1 N–H and O–H groups in total. The van der Waals surface area contributed by atoms with Gasteiger partial charge in [0.2, 0.25) is 0 Å². The van der Waals surface area contributed by atoms with E-state index in [0.717, 1.165) is 25.8 Å². The van der Waals surface area contributed by atoms with E-state index in [1.807, 2.05) is 7.05 Å². The lowest BCUT2D eigenvalue weighted by Crippen LogP contribution is -2.59. The standard InChI is InChI=1S/C13H25NO2/c1-10(2)9-14(4)13(12(15)16)8-6-5-7-11(13)3/h10-11H,5-9H2,1-4H3,(H,15,16). The van der Waals surface area contributed by atoms with Gasteiger partial charge < -0.3 is 5.11 Å². The third kappa shape index (κ3) is 2.40. The second kappa shape index (κ2) is 5.17. The molecule has 0 spiro atoms. The Morgan fingerprint density at radius 1 is 1.50 bits per heavy atom. The normalized spacial score (nSPS) is 31.0. The maximum Gasteiger partial charge on any atom is 0.324 e. The monoisotopic (exact) mass is 227 g/mol. The van der Waals surface area contributed by atoms with Crippen molar-refractivity contribution in [1.82, 2.24) is 4.90 Å². The fourth-order valence-corrected chi connectivity index (χ4v) is 3.09. The van der Waals surface area contributed by atoms with Gasteiger partial charge in [-0.15, -0.1) is 0 Å². The molecule has 94 valence electrons. The molecule has 0 heterocycles. The number of carboxylic acid groups (broad SMARTS) is 1. The average Bonchev–Trinajstić information content (AvgIpc) is 2.16. The fraction of sp³-hybridized carbons (Fsp3) is 0.923. The van der Waals surface area contributed by atoms with E-state index in [1.165, 1.54) is 6.42 Å². The van der Waals surface area contributed by atoms with Crippen molar-refractivity contribution < 1.29 is 9.90 Å². The van der Waals surface area contributed by atoms with Gasteiger partial charge >= 0.3 is 5.97 Å². The first-order valence-electron chi connectivity index (χ1n) is 6.36. The predicted octanol–water partition coefficient (Wildman–Crippen LogP) is 2.61. The molecule has 0 aromatic carbocycles. The second-order valence-electron chi connectivity index (χ2n) is 5.65. The quantitative estimate of drug-likeness (QED) is 0.802. The number of nitrogens with zero attached hydrogens (tertiary/aromatic N) is 1. The minimum absolute atomic E-state index is 0.252. The van der Waals surface area contributed by atoms with Gasteiger partial charge in [0.25, 0.3) is 0 Å². The first-order valence-corrected chi connectivity index (χ1v) is 6.36. The maximum atomic E-state index is 11.7. The van der Waals surface area contributed by atoms with E-state index in [0.29, 0.717) is 5.92 Å². The Bertz CT molecular complexity index is 252. The van der Waals surface area contributed by atoms with Gasteiger partial charge in [0.05, 0.1) is 0 Å². The minimum atomic E-state index is -0.636. The van der Waals surface area contributed by atoms with E-state index >= 15 is 0 Å². The molecular formula is C13H25NO2. The maximum absolute atomic E-state index is 11.7. The fourth-order valence-electron chi connectivity index (χ4n) is 3.09. The summed E-state index contributed by atoms with van der Waals surface area (Å²) in [5.41, 5.74) is -0.622. The largest absolute Gasteiger partial charge is 0.480 e. The van der Waals surface area contributed by atoms with Gasteiger partial charge in [0, 0.05) is 6.54 Å². The molecule has 0 amide bonds. The van der Waals surface area contributed by atoms with E-state index in [4.69, 9.17) is 0 Å². The highest BCUT2D eigenvalue weighted by Crippen LogP contribution is 2.38. The van der Waals surface area contributed by atoms with Crippen LogP contribution in [0.4, 0.5) is 0 Å². The highest BCUT2D eigenvalue weighted by molar-refractivity contribution is 5.79. The van der Waals surface area contributed by atoms with Crippen LogP contribution < -0.4 is 0 Å². The lowest BCUT2D eigenvalue weighted by Gasteiger charge is -2.46. The van der Waals surface area contributed by atoms with Gasteiger partial charge in [-0.05, 0) is 31.7 Å². The molecule has 0 saturated heterocycles. The predicted molar refractivity (Wildman–Crippen MR) is 65.5 cm³/mol. The van der Waals surface area contributed by atoms with Crippen LogP contribution in [0.5, 0.6) is 0 Å². The van der Waals surface area contributed by atoms with Crippen LogP contribution in [-0.2, 0) is 4.79 Å². The Kier molecular flexibility index (Phi) is 4.36. The Labute approximate surface area is 98.8 Å². The second-order valence-corrected chi connectivity index (χ2v) is 5.65. The Hall–Kier alpha value is -0.570. The number of aliphatic carboxylic acids is 1. The average molecular weight is 227 g/mol. The molecule has 0 bridgehead atoms. The first-order chi connectivity index (χ1) is 7.41. The molecule has 3 nitrogen and oxygen atoms in total. The SMILES string of the molecule is CC(C)CN(C)C1(C(=O)O)CCCCC1C. The van der Waals surface area contributed by atoms with Gasteiger partial charge in [-0.1, -0.05) is 33.6 Å². The number of carbonyl (C=O) groups is 1. The van der Waals surface area contributed by atoms with Crippen molar-refractivity contribution in [2.45, 2.75) is 52.0 Å². The smallest absolute Gasteiger partial charge is 0.324 e. The molecule has 1 fully saturated rings. The van der Waals surface area contributed by atoms with Crippen LogP contribution in [-0.4, -0.2) is 35.1 Å². The zero-order chi connectivity index (χ0) is 12.3. The summed E-state index contributed by atoms with van der Waals surface area (Å²) in [6.07, 6.45) is 4.05. The molecule has 0 radical (unpaired) electrons. The molecule has 0 aliphatic heterocycles. The molecule has 1 rings (SSSR count). The summed E-state index contributed by atoms with van der Waals surface area (Å²) < 4.78 is 0. The molecule has 2 atom stereocenters. The van der Waals surface area contributed by atoms with Crippen molar-refractivity contribution in [3.63, 3.8) is 0 Å². The lowest BCUT2D eigenvalue weighted by molar-refractivity contribution is -0.157. The summed E-state index contributed by atoms with van der Waals surface area (Å²) in [5.74, 6) is 0.126.